The molecule has 1 N–H and O–H groups in total. The Balaban J connectivity index is 1.39. The smallest absolute Gasteiger partial charge is 0.261 e. The molecule has 30 heavy (non-hydrogen) atoms. The molecule has 1 unspecified atom stereocenters. The van der Waals surface area contributed by atoms with Gasteiger partial charge >= 0.3 is 0 Å². The van der Waals surface area contributed by atoms with Gasteiger partial charge in [-0.1, -0.05) is 6.92 Å². The van der Waals surface area contributed by atoms with Crippen molar-refractivity contribution in [1.82, 2.24) is 25.1 Å². The molecular weight excluding hydrogens is 396 g/mol. The van der Waals surface area contributed by atoms with Gasteiger partial charge in [0.1, 0.15) is 17.0 Å². The second kappa shape index (κ2) is 9.58. The molecule has 2 saturated heterocycles. The summed E-state index contributed by atoms with van der Waals surface area (Å²) in [6.07, 6.45) is 5.27. The molecule has 2 aromatic rings. The zero-order chi connectivity index (χ0) is 21.1. The van der Waals surface area contributed by atoms with Gasteiger partial charge in [0.15, 0.2) is 0 Å². The van der Waals surface area contributed by atoms with Crippen LogP contribution in [0.25, 0.3) is 10.2 Å². The molecule has 2 fully saturated rings. The Kier molecular flexibility index (Phi) is 6.85. The fraction of sp³-hybridized carbons (Fsp3) is 0.682. The van der Waals surface area contributed by atoms with Gasteiger partial charge in [-0.25, -0.2) is 9.97 Å². The lowest BCUT2D eigenvalue weighted by molar-refractivity contribution is 0.0953. The van der Waals surface area contributed by atoms with Crippen LogP contribution in [0.3, 0.4) is 0 Å². The molecular formula is C22H34N6OS. The minimum atomic E-state index is 0.0202. The van der Waals surface area contributed by atoms with E-state index in [1.54, 1.807) is 6.33 Å². The van der Waals surface area contributed by atoms with E-state index in [4.69, 9.17) is 0 Å². The summed E-state index contributed by atoms with van der Waals surface area (Å²) < 4.78 is 0. The van der Waals surface area contributed by atoms with E-state index in [1.807, 2.05) is 6.92 Å². The largest absolute Gasteiger partial charge is 0.353 e. The number of thiophene rings is 1. The number of carbonyl (C=O) groups excluding carboxylic acids is 1. The second-order valence-electron chi connectivity index (χ2n) is 8.88. The number of carbonyl (C=O) groups is 1. The van der Waals surface area contributed by atoms with Crippen LogP contribution in [0.4, 0.5) is 5.82 Å². The fourth-order valence-corrected chi connectivity index (χ4v) is 5.66. The predicted molar refractivity (Wildman–Crippen MR) is 124 cm³/mol. The summed E-state index contributed by atoms with van der Waals surface area (Å²) in [4.78, 5) is 30.8. The van der Waals surface area contributed by atoms with E-state index in [0.29, 0.717) is 6.54 Å². The maximum atomic E-state index is 12.9. The summed E-state index contributed by atoms with van der Waals surface area (Å²) >= 11 is 1.49. The molecule has 4 rings (SSSR count). The van der Waals surface area contributed by atoms with E-state index in [2.05, 4.69) is 44.0 Å². The SMILES string of the molecule is Cc1c(C(=O)NCCCN2CCCC(C)C2)sc2ncnc(N3CCN(C)CC3)c12. The summed E-state index contributed by atoms with van der Waals surface area (Å²) in [5.74, 6) is 1.79. The number of aromatic nitrogens is 2. The van der Waals surface area contributed by atoms with E-state index in [0.717, 1.165) is 71.5 Å². The molecule has 7 nitrogen and oxygen atoms in total. The molecule has 2 aromatic heterocycles. The maximum Gasteiger partial charge on any atom is 0.261 e. The van der Waals surface area contributed by atoms with Crippen LogP contribution in [-0.4, -0.2) is 85.1 Å². The Bertz CT molecular complexity index is 876. The molecule has 0 radical (unpaired) electrons. The zero-order valence-corrected chi connectivity index (χ0v) is 19.3. The number of amides is 1. The van der Waals surface area contributed by atoms with Crippen LogP contribution in [0, 0.1) is 12.8 Å². The third kappa shape index (κ3) is 4.76. The number of hydrogen-bond acceptors (Lipinski definition) is 7. The molecule has 0 saturated carbocycles. The summed E-state index contributed by atoms with van der Waals surface area (Å²) in [6.45, 7) is 12.5. The number of aryl methyl sites for hydroxylation is 1. The Morgan fingerprint density at radius 1 is 1.23 bits per heavy atom. The minimum Gasteiger partial charge on any atom is -0.353 e. The molecule has 8 heteroatoms. The van der Waals surface area contributed by atoms with Crippen LogP contribution in [0.1, 0.15) is 41.4 Å². The van der Waals surface area contributed by atoms with Crippen molar-refractivity contribution >= 4 is 33.3 Å². The lowest BCUT2D eigenvalue weighted by Crippen LogP contribution is -2.44. The molecule has 0 aliphatic carbocycles. The number of hydrogen-bond donors (Lipinski definition) is 1. The summed E-state index contributed by atoms with van der Waals surface area (Å²) in [5.41, 5.74) is 1.01. The topological polar surface area (TPSA) is 64.6 Å². The van der Waals surface area contributed by atoms with Crippen molar-refractivity contribution in [2.45, 2.75) is 33.1 Å². The van der Waals surface area contributed by atoms with Crippen LogP contribution in [0.2, 0.25) is 0 Å². The number of nitrogens with zero attached hydrogens (tertiary/aromatic N) is 5. The standard InChI is InChI=1S/C22H34N6OS/c1-16-6-4-8-27(14-16)9-5-7-23-21(29)19-17(2)18-20(24-15-25-22(18)30-19)28-12-10-26(3)11-13-28/h15-16H,4-14H2,1-3H3,(H,23,29). The van der Waals surface area contributed by atoms with Crippen molar-refractivity contribution < 1.29 is 4.79 Å². The first-order valence-electron chi connectivity index (χ1n) is 11.2. The first-order valence-corrected chi connectivity index (χ1v) is 12.0. The molecule has 0 bridgehead atoms. The van der Waals surface area contributed by atoms with E-state index in [1.165, 1.54) is 37.3 Å². The van der Waals surface area contributed by atoms with Gasteiger partial charge in [-0.2, -0.15) is 0 Å². The molecule has 1 atom stereocenters. The number of fused-ring (bicyclic) bond motifs is 1. The monoisotopic (exact) mass is 430 g/mol. The number of rotatable bonds is 6. The lowest BCUT2D eigenvalue weighted by atomic mass is 10.0. The van der Waals surface area contributed by atoms with Gasteiger partial charge in [0.05, 0.1) is 10.3 Å². The summed E-state index contributed by atoms with van der Waals surface area (Å²) in [6, 6.07) is 0. The van der Waals surface area contributed by atoms with Gasteiger partial charge in [0, 0.05) is 39.3 Å². The minimum absolute atomic E-state index is 0.0202. The van der Waals surface area contributed by atoms with Gasteiger partial charge in [-0.15, -0.1) is 11.3 Å². The van der Waals surface area contributed by atoms with Crippen molar-refractivity contribution in [1.29, 1.82) is 0 Å². The molecule has 164 valence electrons. The maximum absolute atomic E-state index is 12.9. The van der Waals surface area contributed by atoms with Gasteiger partial charge in [0.25, 0.3) is 5.91 Å². The molecule has 2 aliphatic heterocycles. The van der Waals surface area contributed by atoms with E-state index in [-0.39, 0.29) is 5.91 Å². The Morgan fingerprint density at radius 3 is 2.80 bits per heavy atom. The number of likely N-dealkylation sites (N-methyl/N-ethyl adjacent to an activating group) is 1. The molecule has 4 heterocycles. The molecule has 0 aromatic carbocycles. The van der Waals surface area contributed by atoms with Crippen LogP contribution >= 0.6 is 11.3 Å². The highest BCUT2D eigenvalue weighted by Crippen LogP contribution is 2.35. The van der Waals surface area contributed by atoms with Gasteiger partial charge in [0.2, 0.25) is 0 Å². The second-order valence-corrected chi connectivity index (χ2v) is 9.88. The first-order chi connectivity index (χ1) is 14.5. The van der Waals surface area contributed by atoms with Gasteiger partial charge in [-0.3, -0.25) is 4.79 Å². The zero-order valence-electron chi connectivity index (χ0n) is 18.5. The molecule has 2 aliphatic rings. The third-order valence-electron chi connectivity index (χ3n) is 6.39. The predicted octanol–water partition coefficient (Wildman–Crippen LogP) is 2.60. The number of likely N-dealkylation sites (tertiary alicyclic amines) is 1. The van der Waals surface area contributed by atoms with Crippen LogP contribution < -0.4 is 10.2 Å². The highest BCUT2D eigenvalue weighted by atomic mass is 32.1. The average molecular weight is 431 g/mol. The van der Waals surface area contributed by atoms with Crippen LogP contribution in [0.15, 0.2) is 6.33 Å². The summed E-state index contributed by atoms with van der Waals surface area (Å²) in [7, 11) is 2.15. The number of anilines is 1. The van der Waals surface area contributed by atoms with Crippen molar-refractivity contribution in [3.05, 3.63) is 16.8 Å². The highest BCUT2D eigenvalue weighted by molar-refractivity contribution is 7.20. The number of piperidine rings is 1. The Labute approximate surface area is 183 Å². The number of nitrogens with one attached hydrogen (secondary N) is 1. The Hall–Kier alpha value is -1.77. The van der Waals surface area contributed by atoms with Gasteiger partial charge in [-0.05, 0) is 57.8 Å². The van der Waals surface area contributed by atoms with E-state index < -0.39 is 0 Å². The average Bonchev–Trinajstić information content (AvgIpc) is 3.09. The van der Waals surface area contributed by atoms with Crippen LogP contribution in [0.5, 0.6) is 0 Å². The highest BCUT2D eigenvalue weighted by Gasteiger charge is 2.23. The summed E-state index contributed by atoms with van der Waals surface area (Å²) in [5, 5.41) is 4.17. The van der Waals surface area contributed by atoms with Gasteiger partial charge < -0.3 is 20.0 Å². The fourth-order valence-electron chi connectivity index (χ4n) is 4.60. The third-order valence-corrected chi connectivity index (χ3v) is 7.59. The van der Waals surface area contributed by atoms with Crippen LogP contribution in [-0.2, 0) is 0 Å². The van der Waals surface area contributed by atoms with Crippen molar-refractivity contribution in [3.63, 3.8) is 0 Å². The normalized spacial score (nSPS) is 21.3. The van der Waals surface area contributed by atoms with Crippen molar-refractivity contribution in [2.24, 2.45) is 5.92 Å². The lowest BCUT2D eigenvalue weighted by Gasteiger charge is -2.33. The van der Waals surface area contributed by atoms with Crippen molar-refractivity contribution in [3.8, 4) is 0 Å². The quantitative estimate of drug-likeness (QED) is 0.711. The van der Waals surface area contributed by atoms with Crippen molar-refractivity contribution in [2.75, 3.05) is 64.3 Å². The van der Waals surface area contributed by atoms with E-state index >= 15 is 0 Å². The molecule has 0 spiro atoms. The Morgan fingerprint density at radius 2 is 2.03 bits per heavy atom. The van der Waals surface area contributed by atoms with E-state index in [9.17, 15) is 4.79 Å². The first kappa shape index (κ1) is 21.5. The molecule has 1 amide bonds. The number of piperazine rings is 1.